The molecule has 2 rings (SSSR count). The molecule has 3 nitrogen and oxygen atoms in total. The van der Waals surface area contributed by atoms with Crippen LogP contribution in [0.15, 0.2) is 35.9 Å². The zero-order valence-electron chi connectivity index (χ0n) is 12.9. The first-order chi connectivity index (χ1) is 10.2. The molecule has 0 spiro atoms. The van der Waals surface area contributed by atoms with Crippen LogP contribution in [0.25, 0.3) is 0 Å². The minimum atomic E-state index is -0.190. The molecule has 0 bridgehead atoms. The van der Waals surface area contributed by atoms with Crippen molar-refractivity contribution >= 4 is 18.3 Å². The maximum absolute atomic E-state index is 13.5. The molecule has 0 saturated heterocycles. The van der Waals surface area contributed by atoms with Crippen LogP contribution in [0.3, 0.4) is 0 Å². The highest BCUT2D eigenvalue weighted by Crippen LogP contribution is 2.13. The van der Waals surface area contributed by atoms with Crippen LogP contribution < -0.4 is 10.6 Å². The van der Waals surface area contributed by atoms with Crippen molar-refractivity contribution in [3.05, 3.63) is 47.3 Å². The minimum absolute atomic E-state index is 0. The van der Waals surface area contributed by atoms with Crippen LogP contribution in [0.4, 0.5) is 4.39 Å². The molecule has 1 aromatic rings. The number of hydrogen-bond acceptors (Lipinski definition) is 2. The highest BCUT2D eigenvalue weighted by molar-refractivity contribution is 5.85. The van der Waals surface area contributed by atoms with Gasteiger partial charge in [0.05, 0.1) is 0 Å². The quantitative estimate of drug-likeness (QED) is 0.789. The van der Waals surface area contributed by atoms with Crippen molar-refractivity contribution in [1.29, 1.82) is 0 Å². The Balaban J connectivity index is 0.00000242. The summed E-state index contributed by atoms with van der Waals surface area (Å²) in [6.07, 6.45) is 4.37. The third-order valence-corrected chi connectivity index (χ3v) is 3.90. The van der Waals surface area contributed by atoms with Gasteiger partial charge in [-0.3, -0.25) is 4.79 Å². The Morgan fingerprint density at radius 1 is 1.41 bits per heavy atom. The van der Waals surface area contributed by atoms with Gasteiger partial charge in [0, 0.05) is 19.0 Å². The van der Waals surface area contributed by atoms with Crippen molar-refractivity contribution < 1.29 is 9.18 Å². The van der Waals surface area contributed by atoms with Gasteiger partial charge in [-0.1, -0.05) is 36.8 Å². The topological polar surface area (TPSA) is 41.1 Å². The van der Waals surface area contributed by atoms with Crippen LogP contribution >= 0.6 is 12.4 Å². The van der Waals surface area contributed by atoms with Crippen LogP contribution in [0, 0.1) is 11.7 Å². The molecule has 0 saturated carbocycles. The van der Waals surface area contributed by atoms with Crippen molar-refractivity contribution in [3.8, 4) is 0 Å². The molecule has 22 heavy (non-hydrogen) atoms. The second-order valence-electron chi connectivity index (χ2n) is 5.57. The van der Waals surface area contributed by atoms with E-state index in [0.29, 0.717) is 24.9 Å². The van der Waals surface area contributed by atoms with Gasteiger partial charge < -0.3 is 10.6 Å². The number of benzene rings is 1. The summed E-state index contributed by atoms with van der Waals surface area (Å²) in [5, 5.41) is 6.22. The van der Waals surface area contributed by atoms with Gasteiger partial charge in [-0.15, -0.1) is 12.4 Å². The zero-order valence-corrected chi connectivity index (χ0v) is 13.7. The first kappa shape index (κ1) is 18.7. The number of hydrogen-bond donors (Lipinski definition) is 2. The molecule has 122 valence electrons. The number of carbonyl (C=O) groups excluding carboxylic acids is 1. The lowest BCUT2D eigenvalue weighted by Gasteiger charge is -2.16. The molecule has 1 heterocycles. The Kier molecular flexibility index (Phi) is 8.13. The summed E-state index contributed by atoms with van der Waals surface area (Å²) >= 11 is 0. The summed E-state index contributed by atoms with van der Waals surface area (Å²) in [7, 11) is 0. The minimum Gasteiger partial charge on any atom is -0.352 e. The van der Waals surface area contributed by atoms with Gasteiger partial charge in [-0.05, 0) is 37.4 Å². The Morgan fingerprint density at radius 3 is 2.86 bits per heavy atom. The Bertz CT molecular complexity index is 519. The molecule has 5 heteroatoms. The lowest BCUT2D eigenvalue weighted by molar-refractivity contribution is -0.124. The first-order valence-electron chi connectivity index (χ1n) is 7.56. The number of rotatable bonds is 6. The third-order valence-electron chi connectivity index (χ3n) is 3.90. The average Bonchev–Trinajstić information content (AvgIpc) is 2.52. The Labute approximate surface area is 137 Å². The van der Waals surface area contributed by atoms with Crippen LogP contribution in [0.1, 0.15) is 25.3 Å². The largest absolute Gasteiger partial charge is 0.352 e. The van der Waals surface area contributed by atoms with E-state index in [1.165, 1.54) is 11.6 Å². The third kappa shape index (κ3) is 5.78. The summed E-state index contributed by atoms with van der Waals surface area (Å²) in [5.74, 6) is -0.248. The van der Waals surface area contributed by atoms with E-state index in [4.69, 9.17) is 0 Å². The van der Waals surface area contributed by atoms with Gasteiger partial charge in [-0.25, -0.2) is 4.39 Å². The fourth-order valence-corrected chi connectivity index (χ4v) is 2.41. The van der Waals surface area contributed by atoms with Gasteiger partial charge in [0.15, 0.2) is 0 Å². The monoisotopic (exact) mass is 326 g/mol. The molecule has 0 fully saturated rings. The van der Waals surface area contributed by atoms with Gasteiger partial charge in [0.25, 0.3) is 0 Å². The molecule has 1 aromatic carbocycles. The summed E-state index contributed by atoms with van der Waals surface area (Å²) < 4.78 is 13.5. The normalized spacial score (nSPS) is 15.5. The average molecular weight is 327 g/mol. The number of nitrogens with one attached hydrogen (secondary N) is 2. The fraction of sp³-hybridized carbons (Fsp3) is 0.471. The molecule has 1 unspecified atom stereocenters. The van der Waals surface area contributed by atoms with E-state index in [2.05, 4.69) is 16.7 Å². The van der Waals surface area contributed by atoms with Crippen LogP contribution in [-0.4, -0.2) is 25.5 Å². The zero-order chi connectivity index (χ0) is 15.1. The van der Waals surface area contributed by atoms with E-state index in [9.17, 15) is 9.18 Å². The standard InChI is InChI=1S/C17H23FN2O.ClH/c1-13(6-7-15-4-2-3-5-16(15)18)17(21)20-12-14-8-10-19-11-9-14;/h2-5,8,13,19H,6-7,9-12H2,1H3,(H,20,21);1H. The van der Waals surface area contributed by atoms with Crippen molar-refractivity contribution in [2.24, 2.45) is 5.92 Å². The van der Waals surface area contributed by atoms with Crippen molar-refractivity contribution in [2.75, 3.05) is 19.6 Å². The predicted molar refractivity (Wildman–Crippen MR) is 89.7 cm³/mol. The Morgan fingerprint density at radius 2 is 2.18 bits per heavy atom. The summed E-state index contributed by atoms with van der Waals surface area (Å²) in [6, 6.07) is 6.75. The van der Waals surface area contributed by atoms with Crippen LogP contribution in [-0.2, 0) is 11.2 Å². The Hall–Kier alpha value is -1.39. The lowest BCUT2D eigenvalue weighted by atomic mass is 10.00. The number of amides is 1. The highest BCUT2D eigenvalue weighted by Gasteiger charge is 2.14. The molecule has 0 radical (unpaired) electrons. The molecule has 1 amide bonds. The van der Waals surface area contributed by atoms with Gasteiger partial charge in [0.1, 0.15) is 5.82 Å². The van der Waals surface area contributed by atoms with Gasteiger partial charge in [-0.2, -0.15) is 0 Å². The van der Waals surface area contributed by atoms with Crippen LogP contribution in [0.5, 0.6) is 0 Å². The van der Waals surface area contributed by atoms with E-state index >= 15 is 0 Å². The number of aryl methyl sites for hydroxylation is 1. The molecular weight excluding hydrogens is 303 g/mol. The van der Waals surface area contributed by atoms with E-state index in [1.807, 2.05) is 13.0 Å². The molecule has 1 aliphatic rings. The van der Waals surface area contributed by atoms with Crippen LogP contribution in [0.2, 0.25) is 0 Å². The second-order valence-corrected chi connectivity index (χ2v) is 5.57. The van der Waals surface area contributed by atoms with Crippen molar-refractivity contribution in [3.63, 3.8) is 0 Å². The molecule has 1 atom stereocenters. The van der Waals surface area contributed by atoms with E-state index in [0.717, 1.165) is 19.5 Å². The highest BCUT2D eigenvalue weighted by atomic mass is 35.5. The SMILES string of the molecule is CC(CCc1ccccc1F)C(=O)NCC1=CCNCC1.Cl. The molecule has 0 aliphatic carbocycles. The van der Waals surface area contributed by atoms with E-state index < -0.39 is 0 Å². The molecular formula is C17H24ClFN2O. The molecule has 2 N–H and O–H groups in total. The molecule has 1 aliphatic heterocycles. The molecule has 0 aromatic heterocycles. The fourth-order valence-electron chi connectivity index (χ4n) is 2.41. The smallest absolute Gasteiger partial charge is 0.223 e. The summed E-state index contributed by atoms with van der Waals surface area (Å²) in [5.41, 5.74) is 1.96. The maximum Gasteiger partial charge on any atom is 0.223 e. The van der Waals surface area contributed by atoms with Crippen molar-refractivity contribution in [2.45, 2.75) is 26.2 Å². The van der Waals surface area contributed by atoms with Gasteiger partial charge in [0.2, 0.25) is 5.91 Å². The first-order valence-corrected chi connectivity index (χ1v) is 7.56. The summed E-state index contributed by atoms with van der Waals surface area (Å²) in [4.78, 5) is 12.0. The van der Waals surface area contributed by atoms with E-state index in [1.54, 1.807) is 12.1 Å². The van der Waals surface area contributed by atoms with Gasteiger partial charge >= 0.3 is 0 Å². The second kappa shape index (κ2) is 9.59. The number of halogens is 2. The van der Waals surface area contributed by atoms with E-state index in [-0.39, 0.29) is 30.0 Å². The maximum atomic E-state index is 13.5. The lowest BCUT2D eigenvalue weighted by Crippen LogP contribution is -2.33. The van der Waals surface area contributed by atoms with Crippen molar-refractivity contribution in [1.82, 2.24) is 10.6 Å². The summed E-state index contributed by atoms with van der Waals surface area (Å²) in [6.45, 7) is 4.39. The predicted octanol–water partition coefficient (Wildman–Crippen LogP) is 2.85. The number of carbonyl (C=O) groups is 1.